The molecule has 0 aliphatic carbocycles. The zero-order valence-electron chi connectivity index (χ0n) is 8.27. The van der Waals surface area contributed by atoms with Crippen molar-refractivity contribution in [1.29, 1.82) is 0 Å². The Kier molecular flexibility index (Phi) is 3.36. The average molecular weight is 287 g/mol. The monoisotopic (exact) mass is 286 g/mol. The van der Waals surface area contributed by atoms with Crippen molar-refractivity contribution in [2.24, 2.45) is 0 Å². The first-order valence-corrected chi connectivity index (χ1v) is 6.46. The number of hydrogen-bond acceptors (Lipinski definition) is 3. The van der Waals surface area contributed by atoms with Gasteiger partial charge in [0.05, 0.1) is 0 Å². The predicted octanol–water partition coefficient (Wildman–Crippen LogP) is 3.25. The van der Waals surface area contributed by atoms with E-state index in [9.17, 15) is 4.79 Å². The third-order valence-corrected chi connectivity index (χ3v) is 4.47. The molecule has 0 aromatic heterocycles. The lowest BCUT2D eigenvalue weighted by Crippen LogP contribution is -2.09. The minimum absolute atomic E-state index is 0.0532. The van der Waals surface area contributed by atoms with E-state index < -0.39 is 0 Å². The van der Waals surface area contributed by atoms with Crippen molar-refractivity contribution in [3.05, 3.63) is 28.7 Å². The second-order valence-corrected chi connectivity index (χ2v) is 5.62. The van der Waals surface area contributed by atoms with E-state index >= 15 is 0 Å². The molecule has 80 valence electrons. The second kappa shape index (κ2) is 4.58. The Morgan fingerprint density at radius 3 is 2.80 bits per heavy atom. The molecular formula is C11H11BrO2S. The van der Waals surface area contributed by atoms with E-state index in [4.69, 9.17) is 4.74 Å². The largest absolute Gasteiger partial charge is 0.462 e. The summed E-state index contributed by atoms with van der Waals surface area (Å²) in [5.74, 6) is -0.0942. The normalized spacial score (nSPS) is 25.3. The lowest BCUT2D eigenvalue weighted by Gasteiger charge is -2.06. The Labute approximate surface area is 102 Å². The molecule has 1 aromatic carbocycles. The fourth-order valence-electron chi connectivity index (χ4n) is 1.51. The summed E-state index contributed by atoms with van der Waals surface area (Å²) in [6, 6.07) is 7.91. The van der Waals surface area contributed by atoms with Crippen LogP contribution in [-0.2, 0) is 9.53 Å². The molecule has 1 fully saturated rings. The van der Waals surface area contributed by atoms with Crippen molar-refractivity contribution in [3.8, 4) is 0 Å². The SMILES string of the molecule is C[C@@H]1C[C@@H](Sc2ccccc2Br)C(=O)O1. The van der Waals surface area contributed by atoms with Crippen molar-refractivity contribution in [1.82, 2.24) is 0 Å². The zero-order chi connectivity index (χ0) is 10.8. The highest BCUT2D eigenvalue weighted by molar-refractivity contribution is 9.10. The molecule has 1 aliphatic heterocycles. The number of cyclic esters (lactones) is 1. The quantitative estimate of drug-likeness (QED) is 0.781. The van der Waals surface area contributed by atoms with E-state index in [1.54, 1.807) is 11.8 Å². The number of esters is 1. The van der Waals surface area contributed by atoms with Gasteiger partial charge in [-0.15, -0.1) is 11.8 Å². The molecule has 1 saturated heterocycles. The third kappa shape index (κ3) is 2.55. The molecule has 0 unspecified atom stereocenters. The van der Waals surface area contributed by atoms with Crippen LogP contribution >= 0.6 is 27.7 Å². The average Bonchev–Trinajstić information content (AvgIpc) is 2.49. The molecule has 4 heteroatoms. The van der Waals surface area contributed by atoms with Crippen molar-refractivity contribution in [2.75, 3.05) is 0 Å². The summed E-state index contributed by atoms with van der Waals surface area (Å²) in [5.41, 5.74) is 0. The standard InChI is InChI=1S/C11H11BrO2S/c1-7-6-10(11(13)14-7)15-9-5-3-2-4-8(9)12/h2-5,7,10H,6H2,1H3/t7-,10-/m1/s1. The van der Waals surface area contributed by atoms with Gasteiger partial charge in [-0.25, -0.2) is 0 Å². The summed E-state index contributed by atoms with van der Waals surface area (Å²) in [5, 5.41) is -0.0568. The molecule has 2 atom stereocenters. The number of carbonyl (C=O) groups excluding carboxylic acids is 1. The van der Waals surface area contributed by atoms with E-state index in [1.165, 1.54) is 0 Å². The van der Waals surface area contributed by atoms with Gasteiger partial charge in [-0.2, -0.15) is 0 Å². The maximum Gasteiger partial charge on any atom is 0.319 e. The summed E-state index contributed by atoms with van der Waals surface area (Å²) in [6.45, 7) is 1.93. The van der Waals surface area contributed by atoms with Gasteiger partial charge < -0.3 is 4.74 Å². The molecule has 2 rings (SSSR count). The van der Waals surface area contributed by atoms with Crippen molar-refractivity contribution in [2.45, 2.75) is 29.6 Å². The van der Waals surface area contributed by atoms with E-state index in [-0.39, 0.29) is 17.3 Å². The van der Waals surface area contributed by atoms with Crippen LogP contribution in [0.25, 0.3) is 0 Å². The predicted molar refractivity (Wildman–Crippen MR) is 64.0 cm³/mol. The van der Waals surface area contributed by atoms with Gasteiger partial charge >= 0.3 is 5.97 Å². The Hall–Kier alpha value is -0.480. The highest BCUT2D eigenvalue weighted by Crippen LogP contribution is 2.35. The van der Waals surface area contributed by atoms with Crippen LogP contribution in [0.4, 0.5) is 0 Å². The summed E-state index contributed by atoms with van der Waals surface area (Å²) in [6.07, 6.45) is 0.850. The third-order valence-electron chi connectivity index (χ3n) is 2.23. The van der Waals surface area contributed by atoms with Crippen molar-refractivity contribution < 1.29 is 9.53 Å². The van der Waals surface area contributed by atoms with Crippen molar-refractivity contribution in [3.63, 3.8) is 0 Å². The van der Waals surface area contributed by atoms with E-state index in [0.717, 1.165) is 15.8 Å². The van der Waals surface area contributed by atoms with Gasteiger partial charge in [0.25, 0.3) is 0 Å². The summed E-state index contributed by atoms with van der Waals surface area (Å²) in [4.78, 5) is 12.5. The molecule has 15 heavy (non-hydrogen) atoms. The lowest BCUT2D eigenvalue weighted by atomic mass is 10.3. The van der Waals surface area contributed by atoms with Gasteiger partial charge in [-0.3, -0.25) is 4.79 Å². The number of ether oxygens (including phenoxy) is 1. The molecule has 0 spiro atoms. The fourth-order valence-corrected chi connectivity index (χ4v) is 3.24. The Bertz CT molecular complexity index is 381. The lowest BCUT2D eigenvalue weighted by molar-refractivity contribution is -0.140. The van der Waals surface area contributed by atoms with Crippen LogP contribution in [0.15, 0.2) is 33.6 Å². The molecule has 0 N–H and O–H groups in total. The number of carbonyl (C=O) groups is 1. The summed E-state index contributed by atoms with van der Waals surface area (Å²) < 4.78 is 6.14. The smallest absolute Gasteiger partial charge is 0.319 e. The van der Waals surface area contributed by atoms with Crippen LogP contribution in [0.2, 0.25) is 0 Å². The number of rotatable bonds is 2. The topological polar surface area (TPSA) is 26.3 Å². The summed E-state index contributed by atoms with van der Waals surface area (Å²) >= 11 is 5.03. The maximum atomic E-state index is 11.4. The number of thioether (sulfide) groups is 1. The van der Waals surface area contributed by atoms with Gasteiger partial charge in [-0.1, -0.05) is 12.1 Å². The number of hydrogen-bond donors (Lipinski definition) is 0. The summed E-state index contributed by atoms with van der Waals surface area (Å²) in [7, 11) is 0. The van der Waals surface area contributed by atoms with E-state index in [0.29, 0.717) is 0 Å². The highest BCUT2D eigenvalue weighted by Gasteiger charge is 2.32. The molecule has 0 bridgehead atoms. The van der Waals surface area contributed by atoms with E-state index in [1.807, 2.05) is 31.2 Å². The Morgan fingerprint density at radius 1 is 1.47 bits per heavy atom. The Balaban J connectivity index is 2.09. The van der Waals surface area contributed by atoms with Gasteiger partial charge in [0, 0.05) is 15.8 Å². The first kappa shape index (κ1) is 11.0. The van der Waals surface area contributed by atoms with Crippen LogP contribution in [-0.4, -0.2) is 17.3 Å². The number of halogens is 1. The fraction of sp³-hybridized carbons (Fsp3) is 0.364. The van der Waals surface area contributed by atoms with Gasteiger partial charge in [-0.05, 0) is 35.0 Å². The molecule has 1 heterocycles. The Morgan fingerprint density at radius 2 is 2.20 bits per heavy atom. The molecule has 0 saturated carbocycles. The van der Waals surface area contributed by atoms with Gasteiger partial charge in [0.15, 0.2) is 0 Å². The molecule has 1 aliphatic rings. The van der Waals surface area contributed by atoms with Crippen LogP contribution in [0.5, 0.6) is 0 Å². The first-order chi connectivity index (χ1) is 7.16. The second-order valence-electron chi connectivity index (χ2n) is 3.52. The minimum Gasteiger partial charge on any atom is -0.462 e. The zero-order valence-corrected chi connectivity index (χ0v) is 10.7. The van der Waals surface area contributed by atoms with Crippen molar-refractivity contribution >= 4 is 33.7 Å². The van der Waals surface area contributed by atoms with Crippen LogP contribution < -0.4 is 0 Å². The molecule has 2 nitrogen and oxygen atoms in total. The number of benzene rings is 1. The van der Waals surface area contributed by atoms with Gasteiger partial charge in [0.1, 0.15) is 11.4 Å². The van der Waals surface area contributed by atoms with Crippen LogP contribution in [0.1, 0.15) is 13.3 Å². The molecule has 0 amide bonds. The van der Waals surface area contributed by atoms with Crippen LogP contribution in [0, 0.1) is 0 Å². The van der Waals surface area contributed by atoms with Crippen LogP contribution in [0.3, 0.4) is 0 Å². The highest BCUT2D eigenvalue weighted by atomic mass is 79.9. The minimum atomic E-state index is -0.0942. The first-order valence-electron chi connectivity index (χ1n) is 4.78. The molecule has 0 radical (unpaired) electrons. The van der Waals surface area contributed by atoms with E-state index in [2.05, 4.69) is 15.9 Å². The molecule has 1 aromatic rings. The van der Waals surface area contributed by atoms with Gasteiger partial charge in [0.2, 0.25) is 0 Å². The molecular weight excluding hydrogens is 276 g/mol. The maximum absolute atomic E-state index is 11.4.